The SMILES string of the molecule is Cn1c(=O)oc2cc(C(=O)CBr)c(Cl)cc21. The van der Waals surface area contributed by atoms with Gasteiger partial charge in [0, 0.05) is 12.6 Å². The zero-order valence-corrected chi connectivity index (χ0v) is 10.6. The van der Waals surface area contributed by atoms with E-state index in [9.17, 15) is 9.59 Å². The summed E-state index contributed by atoms with van der Waals surface area (Å²) < 4.78 is 6.31. The number of oxazole rings is 1. The largest absolute Gasteiger partial charge is 0.419 e. The third-order valence-electron chi connectivity index (χ3n) is 2.30. The molecule has 1 aromatic carbocycles. The molecule has 1 aromatic heterocycles. The maximum Gasteiger partial charge on any atom is 0.419 e. The third-order valence-corrected chi connectivity index (χ3v) is 3.12. The first kappa shape index (κ1) is 11.4. The van der Waals surface area contributed by atoms with Crippen molar-refractivity contribution >= 4 is 44.4 Å². The van der Waals surface area contributed by atoms with E-state index in [2.05, 4.69) is 15.9 Å². The second kappa shape index (κ2) is 4.07. The molecule has 84 valence electrons. The molecule has 0 N–H and O–H groups in total. The van der Waals surface area contributed by atoms with Crippen LogP contribution in [0.3, 0.4) is 0 Å². The molecule has 0 spiro atoms. The number of aryl methyl sites for hydroxylation is 1. The Morgan fingerprint density at radius 3 is 2.88 bits per heavy atom. The first-order chi connectivity index (χ1) is 7.54. The number of ketones is 1. The fourth-order valence-corrected chi connectivity index (χ4v) is 2.00. The number of fused-ring (bicyclic) bond motifs is 1. The standard InChI is InChI=1S/C10H7BrClNO3/c1-13-7-3-6(12)5(8(14)4-11)2-9(7)16-10(13)15/h2-3H,4H2,1H3. The Balaban J connectivity index is 2.77. The second-order valence-corrected chi connectivity index (χ2v) is 4.25. The summed E-state index contributed by atoms with van der Waals surface area (Å²) in [6, 6.07) is 3.04. The number of carbonyl (C=O) groups is 1. The Labute approximate surface area is 104 Å². The number of benzene rings is 1. The first-order valence-electron chi connectivity index (χ1n) is 4.43. The summed E-state index contributed by atoms with van der Waals surface area (Å²) in [5.74, 6) is -0.632. The van der Waals surface area contributed by atoms with E-state index in [0.717, 1.165) is 0 Å². The minimum atomic E-state index is -0.477. The first-order valence-corrected chi connectivity index (χ1v) is 5.92. The molecular formula is C10H7BrClNO3. The Kier molecular flexibility index (Phi) is 2.90. The number of nitrogens with zero attached hydrogens (tertiary/aromatic N) is 1. The summed E-state index contributed by atoms with van der Waals surface area (Å²) >= 11 is 9.02. The Morgan fingerprint density at radius 1 is 1.56 bits per heavy atom. The van der Waals surface area contributed by atoms with E-state index < -0.39 is 5.76 Å². The Bertz CT molecular complexity index is 629. The number of hydrogen-bond donors (Lipinski definition) is 0. The van der Waals surface area contributed by atoms with Crippen molar-refractivity contribution in [3.63, 3.8) is 0 Å². The van der Waals surface area contributed by atoms with Crippen LogP contribution in [0.1, 0.15) is 10.4 Å². The molecule has 16 heavy (non-hydrogen) atoms. The average Bonchev–Trinajstić information content (AvgIpc) is 2.53. The monoisotopic (exact) mass is 303 g/mol. The highest BCUT2D eigenvalue weighted by Crippen LogP contribution is 2.24. The molecule has 4 nitrogen and oxygen atoms in total. The van der Waals surface area contributed by atoms with Gasteiger partial charge in [0.25, 0.3) is 0 Å². The lowest BCUT2D eigenvalue weighted by Crippen LogP contribution is -2.08. The van der Waals surface area contributed by atoms with E-state index in [0.29, 0.717) is 21.7 Å². The summed E-state index contributed by atoms with van der Waals surface area (Å²) in [6.07, 6.45) is 0. The van der Waals surface area contributed by atoms with Gasteiger partial charge in [0.1, 0.15) is 0 Å². The Hall–Kier alpha value is -1.07. The summed E-state index contributed by atoms with van der Waals surface area (Å²) in [7, 11) is 1.58. The molecule has 2 rings (SSSR count). The van der Waals surface area contributed by atoms with Gasteiger partial charge in [0.2, 0.25) is 0 Å². The van der Waals surface area contributed by atoms with E-state index in [1.54, 1.807) is 13.1 Å². The number of hydrogen-bond acceptors (Lipinski definition) is 3. The molecular weight excluding hydrogens is 297 g/mol. The van der Waals surface area contributed by atoms with E-state index in [1.165, 1.54) is 10.6 Å². The molecule has 0 amide bonds. The summed E-state index contributed by atoms with van der Waals surface area (Å²) in [5.41, 5.74) is 1.28. The molecule has 1 heterocycles. The molecule has 0 saturated heterocycles. The van der Waals surface area contributed by atoms with E-state index in [1.807, 2.05) is 0 Å². The van der Waals surface area contributed by atoms with Gasteiger partial charge in [-0.1, -0.05) is 27.5 Å². The highest BCUT2D eigenvalue weighted by Gasteiger charge is 2.14. The molecule has 0 radical (unpaired) electrons. The van der Waals surface area contributed by atoms with Crippen LogP contribution in [0.25, 0.3) is 11.1 Å². The van der Waals surface area contributed by atoms with Gasteiger partial charge in [-0.3, -0.25) is 9.36 Å². The van der Waals surface area contributed by atoms with Crippen LogP contribution in [0.2, 0.25) is 5.02 Å². The fourth-order valence-electron chi connectivity index (χ4n) is 1.43. The number of carbonyl (C=O) groups excluding carboxylic acids is 1. The molecule has 0 unspecified atom stereocenters. The molecule has 0 aliphatic heterocycles. The van der Waals surface area contributed by atoms with Crippen LogP contribution in [0.5, 0.6) is 0 Å². The Morgan fingerprint density at radius 2 is 2.25 bits per heavy atom. The molecule has 6 heteroatoms. The molecule has 0 saturated carbocycles. The minimum Gasteiger partial charge on any atom is -0.408 e. The van der Waals surface area contributed by atoms with Crippen molar-refractivity contribution in [2.75, 3.05) is 5.33 Å². The minimum absolute atomic E-state index is 0.154. The van der Waals surface area contributed by atoms with Crippen LogP contribution in [0.15, 0.2) is 21.3 Å². The lowest BCUT2D eigenvalue weighted by atomic mass is 10.1. The molecule has 2 aromatic rings. The van der Waals surface area contributed by atoms with Crippen LogP contribution < -0.4 is 5.76 Å². The van der Waals surface area contributed by atoms with Crippen LogP contribution in [0.4, 0.5) is 0 Å². The zero-order chi connectivity index (χ0) is 11.9. The maximum absolute atomic E-state index is 11.5. The number of rotatable bonds is 2. The predicted molar refractivity (Wildman–Crippen MR) is 64.6 cm³/mol. The molecule has 0 fully saturated rings. The van der Waals surface area contributed by atoms with Crippen molar-refractivity contribution in [2.24, 2.45) is 7.05 Å². The van der Waals surface area contributed by atoms with Gasteiger partial charge in [-0.2, -0.15) is 0 Å². The van der Waals surface area contributed by atoms with Gasteiger partial charge in [-0.15, -0.1) is 0 Å². The van der Waals surface area contributed by atoms with Gasteiger partial charge in [0.15, 0.2) is 11.4 Å². The van der Waals surface area contributed by atoms with Gasteiger partial charge in [0.05, 0.1) is 15.9 Å². The number of halogens is 2. The van der Waals surface area contributed by atoms with Crippen LogP contribution >= 0.6 is 27.5 Å². The second-order valence-electron chi connectivity index (χ2n) is 3.28. The van der Waals surface area contributed by atoms with Crippen molar-refractivity contribution in [1.29, 1.82) is 0 Å². The number of Topliss-reactive ketones (excluding diaryl/α,β-unsaturated/α-hetero) is 1. The lowest BCUT2D eigenvalue weighted by molar-refractivity contribution is 0.102. The van der Waals surface area contributed by atoms with Crippen molar-refractivity contribution in [3.8, 4) is 0 Å². The van der Waals surface area contributed by atoms with Gasteiger partial charge in [-0.25, -0.2) is 4.79 Å². The van der Waals surface area contributed by atoms with Gasteiger partial charge >= 0.3 is 5.76 Å². The van der Waals surface area contributed by atoms with Crippen molar-refractivity contribution < 1.29 is 9.21 Å². The number of aromatic nitrogens is 1. The van der Waals surface area contributed by atoms with Crippen molar-refractivity contribution in [3.05, 3.63) is 33.3 Å². The zero-order valence-electron chi connectivity index (χ0n) is 8.29. The molecule has 0 atom stereocenters. The van der Waals surface area contributed by atoms with Crippen LogP contribution in [-0.2, 0) is 7.05 Å². The van der Waals surface area contributed by atoms with E-state index >= 15 is 0 Å². The quantitative estimate of drug-likeness (QED) is 0.632. The smallest absolute Gasteiger partial charge is 0.408 e. The normalized spacial score (nSPS) is 10.9. The molecule has 0 aliphatic carbocycles. The van der Waals surface area contributed by atoms with Crippen LogP contribution in [-0.4, -0.2) is 15.7 Å². The molecule has 0 bridgehead atoms. The summed E-state index contributed by atoms with van der Waals surface area (Å²) in [5, 5.41) is 0.489. The highest BCUT2D eigenvalue weighted by molar-refractivity contribution is 9.09. The summed E-state index contributed by atoms with van der Waals surface area (Å²) in [4.78, 5) is 22.8. The fraction of sp³-hybridized carbons (Fsp3) is 0.200. The van der Waals surface area contributed by atoms with Gasteiger partial charge in [-0.05, 0) is 12.1 Å². The highest BCUT2D eigenvalue weighted by atomic mass is 79.9. The van der Waals surface area contributed by atoms with E-state index in [-0.39, 0.29) is 11.1 Å². The van der Waals surface area contributed by atoms with Gasteiger partial charge < -0.3 is 4.42 Å². The van der Waals surface area contributed by atoms with Crippen molar-refractivity contribution in [1.82, 2.24) is 4.57 Å². The van der Waals surface area contributed by atoms with E-state index in [4.69, 9.17) is 16.0 Å². The summed E-state index contributed by atoms with van der Waals surface area (Å²) in [6.45, 7) is 0. The average molecular weight is 305 g/mol. The number of alkyl halides is 1. The third kappa shape index (κ3) is 1.70. The topological polar surface area (TPSA) is 52.2 Å². The maximum atomic E-state index is 11.5. The molecule has 0 aliphatic rings. The van der Waals surface area contributed by atoms with Crippen LogP contribution in [0, 0.1) is 0 Å². The lowest BCUT2D eigenvalue weighted by Gasteiger charge is -2.00. The predicted octanol–water partition coefficient (Wildman–Crippen LogP) is 2.36. The van der Waals surface area contributed by atoms with Crippen molar-refractivity contribution in [2.45, 2.75) is 0 Å².